The van der Waals surface area contributed by atoms with Crippen LogP contribution in [0.15, 0.2) is 18.3 Å². The zero-order valence-corrected chi connectivity index (χ0v) is 8.98. The number of hydrogen-bond donors (Lipinski definition) is 2. The molecule has 0 aromatic carbocycles. The molecule has 0 bridgehead atoms. The highest BCUT2D eigenvalue weighted by atomic mass is 31.2. The van der Waals surface area contributed by atoms with Crippen molar-refractivity contribution in [1.82, 2.24) is 4.98 Å². The number of rotatable bonds is 3. The fraction of sp³-hybridized carbons (Fsp3) is 0.375. The number of pyridine rings is 1. The topological polar surface area (TPSA) is 73.7 Å². The lowest BCUT2D eigenvalue weighted by Gasteiger charge is -2.16. The summed E-state index contributed by atoms with van der Waals surface area (Å²) in [5.41, 5.74) is 1.15. The molecule has 5 nitrogen and oxygen atoms in total. The van der Waals surface area contributed by atoms with E-state index in [-0.39, 0.29) is 6.16 Å². The average molecular weight is 216 g/mol. The van der Waals surface area contributed by atoms with E-state index in [0.717, 1.165) is 5.69 Å². The van der Waals surface area contributed by atoms with Gasteiger partial charge in [0.05, 0.1) is 17.5 Å². The minimum atomic E-state index is -4.04. The van der Waals surface area contributed by atoms with Crippen LogP contribution in [0.1, 0.15) is 5.69 Å². The van der Waals surface area contributed by atoms with Crippen LogP contribution in [0.4, 0.5) is 5.69 Å². The van der Waals surface area contributed by atoms with E-state index >= 15 is 0 Å². The first kappa shape index (κ1) is 11.2. The Morgan fingerprint density at radius 3 is 2.64 bits per heavy atom. The van der Waals surface area contributed by atoms with Gasteiger partial charge in [-0.3, -0.25) is 9.55 Å². The fourth-order valence-corrected chi connectivity index (χ4v) is 1.79. The van der Waals surface area contributed by atoms with Crippen LogP contribution in [-0.2, 0) is 10.7 Å². The minimum Gasteiger partial charge on any atom is -0.376 e. The Kier molecular flexibility index (Phi) is 3.26. The average Bonchev–Trinajstić information content (AvgIpc) is 2.01. The maximum absolute atomic E-state index is 10.8. The molecule has 0 saturated heterocycles. The van der Waals surface area contributed by atoms with Gasteiger partial charge in [-0.15, -0.1) is 0 Å². The summed E-state index contributed by atoms with van der Waals surface area (Å²) in [6.45, 7) is 0. The maximum Gasteiger partial charge on any atom is 0.331 e. The molecule has 0 aliphatic rings. The van der Waals surface area contributed by atoms with Crippen LogP contribution in [0.3, 0.4) is 0 Å². The third-order valence-electron chi connectivity index (χ3n) is 1.70. The molecule has 1 aromatic heterocycles. The van der Waals surface area contributed by atoms with Gasteiger partial charge in [0.25, 0.3) is 0 Å². The molecule has 14 heavy (non-hydrogen) atoms. The van der Waals surface area contributed by atoms with Gasteiger partial charge < -0.3 is 14.7 Å². The Labute approximate surface area is 82.6 Å². The second-order valence-corrected chi connectivity index (χ2v) is 4.83. The Morgan fingerprint density at radius 1 is 1.50 bits per heavy atom. The highest BCUT2D eigenvalue weighted by Gasteiger charge is 2.18. The molecule has 0 aliphatic carbocycles. The van der Waals surface area contributed by atoms with E-state index in [9.17, 15) is 4.57 Å². The van der Waals surface area contributed by atoms with Crippen molar-refractivity contribution in [3.63, 3.8) is 0 Å². The van der Waals surface area contributed by atoms with E-state index in [4.69, 9.17) is 9.79 Å². The molecule has 1 rings (SSSR count). The van der Waals surface area contributed by atoms with Crippen molar-refractivity contribution < 1.29 is 14.4 Å². The number of hydrogen-bond acceptors (Lipinski definition) is 3. The summed E-state index contributed by atoms with van der Waals surface area (Å²) >= 11 is 0. The van der Waals surface area contributed by atoms with Gasteiger partial charge in [-0.25, -0.2) is 0 Å². The molecule has 6 heteroatoms. The van der Waals surface area contributed by atoms with Crippen LogP contribution in [0.2, 0.25) is 0 Å². The van der Waals surface area contributed by atoms with Crippen molar-refractivity contribution in [1.29, 1.82) is 0 Å². The van der Waals surface area contributed by atoms with Gasteiger partial charge in [-0.05, 0) is 12.1 Å². The van der Waals surface area contributed by atoms with Crippen molar-refractivity contribution in [3.8, 4) is 0 Å². The molecular weight excluding hydrogens is 203 g/mol. The van der Waals surface area contributed by atoms with Gasteiger partial charge in [0.15, 0.2) is 0 Å². The molecule has 1 heterocycles. The van der Waals surface area contributed by atoms with Crippen molar-refractivity contribution in [2.45, 2.75) is 6.16 Å². The summed E-state index contributed by atoms with van der Waals surface area (Å²) in [5, 5.41) is 0. The lowest BCUT2D eigenvalue weighted by molar-refractivity contribution is 0.371. The number of anilines is 1. The van der Waals surface area contributed by atoms with E-state index < -0.39 is 7.60 Å². The zero-order chi connectivity index (χ0) is 10.8. The number of nitrogens with zero attached hydrogens (tertiary/aromatic N) is 2. The van der Waals surface area contributed by atoms with Gasteiger partial charge in [-0.1, -0.05) is 0 Å². The quantitative estimate of drug-likeness (QED) is 0.732. The Balaban J connectivity index is 3.02. The van der Waals surface area contributed by atoms with Gasteiger partial charge in [0.2, 0.25) is 0 Å². The molecule has 0 unspecified atom stereocenters. The lowest BCUT2D eigenvalue weighted by atomic mass is 10.3. The van der Waals surface area contributed by atoms with Crippen molar-refractivity contribution in [3.05, 3.63) is 24.0 Å². The monoisotopic (exact) mass is 216 g/mol. The molecule has 78 valence electrons. The van der Waals surface area contributed by atoms with Crippen LogP contribution < -0.4 is 4.90 Å². The van der Waals surface area contributed by atoms with E-state index in [1.807, 2.05) is 0 Å². The maximum atomic E-state index is 10.8. The van der Waals surface area contributed by atoms with Crippen molar-refractivity contribution in [2.24, 2.45) is 0 Å². The summed E-state index contributed by atoms with van der Waals surface area (Å²) in [6, 6.07) is 3.51. The largest absolute Gasteiger partial charge is 0.376 e. The highest BCUT2D eigenvalue weighted by Crippen LogP contribution is 2.40. The zero-order valence-electron chi connectivity index (χ0n) is 8.08. The number of aromatic nitrogens is 1. The second kappa shape index (κ2) is 4.09. The van der Waals surface area contributed by atoms with Crippen LogP contribution in [0.5, 0.6) is 0 Å². The van der Waals surface area contributed by atoms with Gasteiger partial charge in [0.1, 0.15) is 0 Å². The molecule has 2 N–H and O–H groups in total. The second-order valence-electron chi connectivity index (χ2n) is 3.19. The smallest absolute Gasteiger partial charge is 0.331 e. The summed E-state index contributed by atoms with van der Waals surface area (Å²) in [5.74, 6) is 0. The Morgan fingerprint density at radius 2 is 2.14 bits per heavy atom. The Hall–Kier alpha value is -0.900. The van der Waals surface area contributed by atoms with Crippen LogP contribution in [0.25, 0.3) is 0 Å². The van der Waals surface area contributed by atoms with Crippen LogP contribution in [0, 0.1) is 0 Å². The Bertz CT molecular complexity index is 361. The predicted molar refractivity (Wildman–Crippen MR) is 54.3 cm³/mol. The summed E-state index contributed by atoms with van der Waals surface area (Å²) in [7, 11) is -0.432. The van der Waals surface area contributed by atoms with Crippen molar-refractivity contribution in [2.75, 3.05) is 19.0 Å². The minimum absolute atomic E-state index is 0.318. The van der Waals surface area contributed by atoms with Crippen molar-refractivity contribution >= 4 is 13.3 Å². The molecular formula is C8H13N2O3P. The predicted octanol–water partition coefficient (Wildman–Crippen LogP) is 0.825. The fourth-order valence-electron chi connectivity index (χ4n) is 1.15. The summed E-state index contributed by atoms with van der Waals surface area (Å²) < 4.78 is 10.8. The first-order valence-electron chi connectivity index (χ1n) is 4.06. The highest BCUT2D eigenvalue weighted by molar-refractivity contribution is 7.50. The van der Waals surface area contributed by atoms with E-state index in [2.05, 4.69) is 4.98 Å². The molecule has 0 atom stereocenters. The molecule has 0 saturated carbocycles. The van der Waals surface area contributed by atoms with Gasteiger partial charge in [-0.2, -0.15) is 0 Å². The molecule has 1 aromatic rings. The third kappa shape index (κ3) is 3.10. The van der Waals surface area contributed by atoms with Gasteiger partial charge >= 0.3 is 7.60 Å². The van der Waals surface area contributed by atoms with Crippen LogP contribution in [-0.4, -0.2) is 28.9 Å². The lowest BCUT2D eigenvalue weighted by Crippen LogP contribution is -2.12. The molecule has 0 radical (unpaired) electrons. The van der Waals surface area contributed by atoms with Crippen LogP contribution >= 0.6 is 7.60 Å². The molecule has 0 amide bonds. The first-order valence-corrected chi connectivity index (χ1v) is 5.86. The van der Waals surface area contributed by atoms with E-state index in [1.54, 1.807) is 31.1 Å². The third-order valence-corrected chi connectivity index (χ3v) is 2.42. The summed E-state index contributed by atoms with van der Waals surface area (Å²) in [4.78, 5) is 23.4. The van der Waals surface area contributed by atoms with E-state index in [0.29, 0.717) is 5.69 Å². The standard InChI is InChI=1S/C8H13N2O3P/c1-10(2)8-4-3-5-9-7(8)6-14(11,12)13/h3-5H,6H2,1-2H3,(H2,11,12,13). The summed E-state index contributed by atoms with van der Waals surface area (Å²) in [6.07, 6.45) is 1.21. The first-order chi connectivity index (χ1) is 6.40. The molecule has 0 spiro atoms. The SMILES string of the molecule is CN(C)c1cccnc1CP(=O)(O)O. The van der Waals surface area contributed by atoms with Gasteiger partial charge in [0, 0.05) is 20.3 Å². The normalized spacial score (nSPS) is 11.4. The van der Waals surface area contributed by atoms with E-state index in [1.165, 1.54) is 6.20 Å². The molecule has 0 fully saturated rings. The molecule has 0 aliphatic heterocycles.